The van der Waals surface area contributed by atoms with Crippen LogP contribution in [0.1, 0.15) is 31.1 Å². The average molecular weight is 465 g/mol. The van der Waals surface area contributed by atoms with E-state index >= 15 is 0 Å². The van der Waals surface area contributed by atoms with Gasteiger partial charge in [0.25, 0.3) is 11.7 Å². The summed E-state index contributed by atoms with van der Waals surface area (Å²) >= 11 is 12.4. The van der Waals surface area contributed by atoms with Crippen molar-refractivity contribution in [1.82, 2.24) is 9.88 Å². The van der Waals surface area contributed by atoms with Crippen molar-refractivity contribution >= 4 is 40.7 Å². The molecule has 3 rings (SSSR count). The lowest BCUT2D eigenvalue weighted by Gasteiger charge is -2.24. The maximum Gasteiger partial charge on any atom is 0.295 e. The maximum atomic E-state index is 12.9. The van der Waals surface area contributed by atoms with Crippen molar-refractivity contribution in [2.45, 2.75) is 26.0 Å². The molecule has 1 fully saturated rings. The number of carbonyl (C=O) groups excluding carboxylic acids is 2. The average Bonchev–Trinajstić information content (AvgIpc) is 2.98. The molecule has 2 aromatic rings. The first-order chi connectivity index (χ1) is 14.8. The van der Waals surface area contributed by atoms with E-state index in [1.54, 1.807) is 24.4 Å². The topological polar surface area (TPSA) is 89.0 Å². The van der Waals surface area contributed by atoms with E-state index in [4.69, 9.17) is 32.7 Å². The number of pyridine rings is 1. The Labute approximate surface area is 190 Å². The van der Waals surface area contributed by atoms with Crippen molar-refractivity contribution in [2.24, 2.45) is 0 Å². The summed E-state index contributed by atoms with van der Waals surface area (Å²) in [6.45, 7) is 4.14. The fraction of sp³-hybridized carbons (Fsp3) is 0.318. The van der Waals surface area contributed by atoms with Gasteiger partial charge in [0.05, 0.1) is 41.1 Å². The van der Waals surface area contributed by atoms with Gasteiger partial charge >= 0.3 is 0 Å². The lowest BCUT2D eigenvalue weighted by Crippen LogP contribution is -2.33. The SMILES string of the molecule is COc1c(Cl)cc(/C(O)=C2\C(=O)C(=O)N(CCOC(C)C)C2c2ccccn2)cc1Cl. The molecule has 0 aliphatic carbocycles. The number of carbonyl (C=O) groups is 2. The van der Waals surface area contributed by atoms with E-state index in [2.05, 4.69) is 4.98 Å². The van der Waals surface area contributed by atoms with E-state index in [0.717, 1.165) is 0 Å². The molecule has 1 aromatic carbocycles. The third kappa shape index (κ3) is 4.69. The van der Waals surface area contributed by atoms with Crippen LogP contribution in [0.3, 0.4) is 0 Å². The van der Waals surface area contributed by atoms with E-state index < -0.39 is 23.5 Å². The molecule has 0 spiro atoms. The number of likely N-dealkylation sites (tertiary alicyclic amines) is 1. The summed E-state index contributed by atoms with van der Waals surface area (Å²) in [6.07, 6.45) is 1.52. The Kier molecular flexibility index (Phi) is 7.20. The second-order valence-corrected chi connectivity index (χ2v) is 7.95. The van der Waals surface area contributed by atoms with Gasteiger partial charge in [-0.25, -0.2) is 0 Å². The van der Waals surface area contributed by atoms with Crippen LogP contribution in [0.15, 0.2) is 42.1 Å². The maximum absolute atomic E-state index is 12.9. The van der Waals surface area contributed by atoms with Gasteiger partial charge in [-0.15, -0.1) is 0 Å². The quantitative estimate of drug-likeness (QED) is 0.374. The first-order valence-electron chi connectivity index (χ1n) is 9.60. The number of aliphatic hydroxyl groups is 1. The molecule has 1 aliphatic rings. The Morgan fingerprint density at radius 3 is 2.45 bits per heavy atom. The Morgan fingerprint density at radius 2 is 1.90 bits per heavy atom. The van der Waals surface area contributed by atoms with Crippen molar-refractivity contribution < 1.29 is 24.2 Å². The number of aliphatic hydroxyl groups excluding tert-OH is 1. The predicted octanol–water partition coefficient (Wildman–Crippen LogP) is 4.24. The van der Waals surface area contributed by atoms with Gasteiger partial charge in [0.1, 0.15) is 11.8 Å². The van der Waals surface area contributed by atoms with Gasteiger partial charge in [0, 0.05) is 18.3 Å². The smallest absolute Gasteiger partial charge is 0.295 e. The fourth-order valence-electron chi connectivity index (χ4n) is 3.39. The van der Waals surface area contributed by atoms with E-state index in [1.165, 1.54) is 24.1 Å². The van der Waals surface area contributed by atoms with E-state index in [1.807, 2.05) is 13.8 Å². The molecule has 1 unspecified atom stereocenters. The Balaban J connectivity index is 2.12. The number of hydrogen-bond acceptors (Lipinski definition) is 6. The van der Waals surface area contributed by atoms with Crippen molar-refractivity contribution in [3.05, 3.63) is 63.4 Å². The number of amides is 1. The number of benzene rings is 1. The molecule has 1 aliphatic heterocycles. The minimum Gasteiger partial charge on any atom is -0.507 e. The summed E-state index contributed by atoms with van der Waals surface area (Å²) < 4.78 is 10.7. The molecule has 1 aromatic heterocycles. The molecular formula is C22H22Cl2N2O5. The molecule has 1 atom stereocenters. The van der Waals surface area contributed by atoms with Crippen molar-refractivity contribution in [2.75, 3.05) is 20.3 Å². The standard InChI is InChI=1S/C22H22Cl2N2O5/c1-12(2)31-9-8-26-18(16-6-4-5-7-25-16)17(20(28)22(26)29)19(27)13-10-14(23)21(30-3)15(24)11-13/h4-7,10-12,18,27H,8-9H2,1-3H3/b19-17+. The zero-order valence-corrected chi connectivity index (χ0v) is 18.8. The molecule has 164 valence electrons. The molecule has 1 amide bonds. The molecule has 2 heterocycles. The first-order valence-corrected chi connectivity index (χ1v) is 10.4. The lowest BCUT2D eigenvalue weighted by atomic mass is 9.98. The largest absolute Gasteiger partial charge is 0.507 e. The number of halogens is 2. The van der Waals surface area contributed by atoms with Gasteiger partial charge in [0.2, 0.25) is 0 Å². The highest BCUT2D eigenvalue weighted by Gasteiger charge is 2.46. The number of hydrogen-bond donors (Lipinski definition) is 1. The summed E-state index contributed by atoms with van der Waals surface area (Å²) in [5.74, 6) is -1.71. The number of rotatable bonds is 7. The van der Waals surface area contributed by atoms with Crippen LogP contribution in [0.4, 0.5) is 0 Å². The van der Waals surface area contributed by atoms with Crippen LogP contribution < -0.4 is 4.74 Å². The number of nitrogens with zero attached hydrogens (tertiary/aromatic N) is 2. The van der Waals surface area contributed by atoms with Crippen molar-refractivity contribution in [3.63, 3.8) is 0 Å². The predicted molar refractivity (Wildman–Crippen MR) is 117 cm³/mol. The Bertz CT molecular complexity index is 1000. The highest BCUT2D eigenvalue weighted by atomic mass is 35.5. The molecule has 9 heteroatoms. The summed E-state index contributed by atoms with van der Waals surface area (Å²) in [5.41, 5.74) is 0.539. The molecule has 1 saturated heterocycles. The van der Waals surface area contributed by atoms with Crippen LogP contribution in [0.2, 0.25) is 10.0 Å². The van der Waals surface area contributed by atoms with Gasteiger partial charge in [-0.1, -0.05) is 29.3 Å². The van der Waals surface area contributed by atoms with Crippen LogP contribution in [0, 0.1) is 0 Å². The third-order valence-electron chi connectivity index (χ3n) is 4.77. The zero-order chi connectivity index (χ0) is 22.7. The summed E-state index contributed by atoms with van der Waals surface area (Å²) in [6, 6.07) is 7.12. The van der Waals surface area contributed by atoms with Crippen LogP contribution >= 0.6 is 23.2 Å². The molecule has 0 saturated carbocycles. The third-order valence-corrected chi connectivity index (χ3v) is 5.33. The minimum absolute atomic E-state index is 0.0336. The Morgan fingerprint density at radius 1 is 1.23 bits per heavy atom. The lowest BCUT2D eigenvalue weighted by molar-refractivity contribution is -0.140. The summed E-state index contributed by atoms with van der Waals surface area (Å²) in [7, 11) is 1.42. The Hall–Kier alpha value is -2.61. The monoisotopic (exact) mass is 464 g/mol. The van der Waals surface area contributed by atoms with Crippen LogP contribution in [0.25, 0.3) is 5.76 Å². The van der Waals surface area contributed by atoms with E-state index in [9.17, 15) is 14.7 Å². The second-order valence-electron chi connectivity index (χ2n) is 7.14. The summed E-state index contributed by atoms with van der Waals surface area (Å²) in [5, 5.41) is 11.4. The van der Waals surface area contributed by atoms with Gasteiger partial charge < -0.3 is 19.5 Å². The van der Waals surface area contributed by atoms with Crippen LogP contribution in [0.5, 0.6) is 5.75 Å². The first kappa shape index (κ1) is 23.1. The van der Waals surface area contributed by atoms with Gasteiger partial charge in [-0.3, -0.25) is 14.6 Å². The fourth-order valence-corrected chi connectivity index (χ4v) is 4.03. The van der Waals surface area contributed by atoms with Crippen LogP contribution in [-0.2, 0) is 14.3 Å². The number of ketones is 1. The normalized spacial score (nSPS) is 18.1. The number of ether oxygens (including phenoxy) is 2. The highest BCUT2D eigenvalue weighted by molar-refractivity contribution is 6.46. The van der Waals surface area contributed by atoms with E-state index in [-0.39, 0.29) is 46.2 Å². The second kappa shape index (κ2) is 9.68. The van der Waals surface area contributed by atoms with Gasteiger partial charge in [-0.05, 0) is 38.1 Å². The molecule has 7 nitrogen and oxygen atoms in total. The van der Waals surface area contributed by atoms with Crippen molar-refractivity contribution in [3.8, 4) is 5.75 Å². The van der Waals surface area contributed by atoms with Crippen molar-refractivity contribution in [1.29, 1.82) is 0 Å². The number of aromatic nitrogens is 1. The molecular weight excluding hydrogens is 443 g/mol. The van der Waals surface area contributed by atoms with Crippen LogP contribution in [-0.4, -0.2) is 53.0 Å². The summed E-state index contributed by atoms with van der Waals surface area (Å²) in [4.78, 5) is 31.4. The molecule has 0 bridgehead atoms. The van der Waals surface area contributed by atoms with Gasteiger partial charge in [-0.2, -0.15) is 0 Å². The number of Topliss-reactive ketones (excluding diaryl/α,β-unsaturated/α-hetero) is 1. The minimum atomic E-state index is -0.878. The molecule has 0 radical (unpaired) electrons. The molecule has 31 heavy (non-hydrogen) atoms. The van der Waals surface area contributed by atoms with E-state index in [0.29, 0.717) is 5.69 Å². The highest BCUT2D eigenvalue weighted by Crippen LogP contribution is 2.41. The number of methoxy groups -OCH3 is 1. The van der Waals surface area contributed by atoms with Gasteiger partial charge in [0.15, 0.2) is 5.75 Å². The molecule has 1 N–H and O–H groups in total. The zero-order valence-electron chi connectivity index (χ0n) is 17.3.